The second-order valence-corrected chi connectivity index (χ2v) is 6.75. The molecule has 0 spiro atoms. The van der Waals surface area contributed by atoms with Crippen LogP contribution in [0.4, 0.5) is 0 Å². The Kier molecular flexibility index (Phi) is 5.74. The molecule has 1 N–H and O–H groups in total. The van der Waals surface area contributed by atoms with Gasteiger partial charge in [-0.3, -0.25) is 9.59 Å². The highest BCUT2D eigenvalue weighted by atomic mass is 35.5. The Hall–Kier alpha value is -2.18. The predicted molar refractivity (Wildman–Crippen MR) is 101 cm³/mol. The number of hydrogen-bond donors (Lipinski definition) is 1. The normalized spacial score (nSPS) is 16.7. The minimum atomic E-state index is -0.389. The molecule has 0 unspecified atom stereocenters. The van der Waals surface area contributed by atoms with Gasteiger partial charge in [0.15, 0.2) is 0 Å². The van der Waals surface area contributed by atoms with Gasteiger partial charge in [0.2, 0.25) is 0 Å². The number of nitrogens with one attached hydrogen (secondary N) is 1. The van der Waals surface area contributed by atoms with Gasteiger partial charge in [-0.25, -0.2) is 4.98 Å². The first kappa shape index (κ1) is 18.6. The number of amides is 1. The molecule has 1 amide bonds. The molecule has 1 atom stereocenters. The van der Waals surface area contributed by atoms with Gasteiger partial charge in [0.1, 0.15) is 10.8 Å². The number of ether oxygens (including phenoxy) is 1. The van der Waals surface area contributed by atoms with Crippen LogP contribution in [0.3, 0.4) is 0 Å². The topological polar surface area (TPSA) is 75.3 Å². The Morgan fingerprint density at radius 3 is 2.96 bits per heavy atom. The second-order valence-electron chi connectivity index (χ2n) is 6.37. The lowest BCUT2D eigenvalue weighted by Gasteiger charge is -2.24. The molecule has 1 saturated heterocycles. The van der Waals surface area contributed by atoms with E-state index in [9.17, 15) is 9.59 Å². The summed E-state index contributed by atoms with van der Waals surface area (Å²) in [5.74, 6) is 0.405. The monoisotopic (exact) mass is 375 g/mol. The Bertz CT molecular complexity index is 859. The van der Waals surface area contributed by atoms with Crippen molar-refractivity contribution in [2.24, 2.45) is 0 Å². The van der Waals surface area contributed by atoms with E-state index in [1.165, 1.54) is 0 Å². The van der Waals surface area contributed by atoms with Crippen molar-refractivity contribution in [2.45, 2.75) is 32.8 Å². The molecule has 1 aliphatic rings. The lowest BCUT2D eigenvalue weighted by atomic mass is 10.1. The molecule has 0 bridgehead atoms. The zero-order valence-corrected chi connectivity index (χ0v) is 15.7. The molecule has 2 aromatic rings. The molecular formula is C19H22ClN3O3. The molecular weight excluding hydrogens is 354 g/mol. The fourth-order valence-electron chi connectivity index (χ4n) is 3.13. The highest BCUT2D eigenvalue weighted by Crippen LogP contribution is 2.24. The summed E-state index contributed by atoms with van der Waals surface area (Å²) in [5.41, 5.74) is 1.17. The summed E-state index contributed by atoms with van der Waals surface area (Å²) in [7, 11) is 0. The zero-order valence-electron chi connectivity index (χ0n) is 14.9. The number of carbonyl (C=O) groups excluding carboxylic acids is 1. The van der Waals surface area contributed by atoms with Crippen LogP contribution < -0.4 is 5.56 Å². The lowest BCUT2D eigenvalue weighted by Crippen LogP contribution is -2.37. The van der Waals surface area contributed by atoms with Crippen molar-refractivity contribution in [3.8, 4) is 11.3 Å². The van der Waals surface area contributed by atoms with Crippen molar-refractivity contribution < 1.29 is 9.53 Å². The van der Waals surface area contributed by atoms with Crippen molar-refractivity contribution in [3.05, 3.63) is 51.0 Å². The third-order valence-corrected chi connectivity index (χ3v) is 4.83. The standard InChI is InChI=1S/C19H22ClN3O3/c1-3-23(11-15-8-5-9-26-15)19(25)14-7-4-6-13(10-14)17-16(20)18(24)22-12(2)21-17/h4,6-7,10,15H,3,5,8-9,11H2,1-2H3,(H,21,22,24)/t15-/m0/s1. The summed E-state index contributed by atoms with van der Waals surface area (Å²) in [6.07, 6.45) is 2.13. The first-order valence-electron chi connectivity index (χ1n) is 8.77. The van der Waals surface area contributed by atoms with Crippen LogP contribution in [0.2, 0.25) is 5.02 Å². The maximum atomic E-state index is 12.9. The van der Waals surface area contributed by atoms with E-state index in [2.05, 4.69) is 9.97 Å². The fourth-order valence-corrected chi connectivity index (χ4v) is 3.33. The largest absolute Gasteiger partial charge is 0.376 e. The van der Waals surface area contributed by atoms with Crippen molar-refractivity contribution in [2.75, 3.05) is 19.7 Å². The molecule has 1 aromatic carbocycles. The van der Waals surface area contributed by atoms with E-state index in [4.69, 9.17) is 16.3 Å². The fraction of sp³-hybridized carbons (Fsp3) is 0.421. The number of benzene rings is 1. The minimum Gasteiger partial charge on any atom is -0.376 e. The molecule has 138 valence electrons. The van der Waals surface area contributed by atoms with Crippen LogP contribution in [-0.4, -0.2) is 46.6 Å². The lowest BCUT2D eigenvalue weighted by molar-refractivity contribution is 0.0539. The summed E-state index contributed by atoms with van der Waals surface area (Å²) < 4.78 is 5.65. The summed E-state index contributed by atoms with van der Waals surface area (Å²) in [5, 5.41) is 0.0203. The molecule has 7 heteroatoms. The first-order valence-corrected chi connectivity index (χ1v) is 9.15. The molecule has 6 nitrogen and oxygen atoms in total. The predicted octanol–water partition coefficient (Wildman–Crippen LogP) is 3.04. The van der Waals surface area contributed by atoms with Crippen LogP contribution >= 0.6 is 11.6 Å². The second kappa shape index (κ2) is 8.01. The molecule has 26 heavy (non-hydrogen) atoms. The first-order chi connectivity index (χ1) is 12.5. The number of aromatic nitrogens is 2. The molecule has 2 heterocycles. The average Bonchev–Trinajstić information content (AvgIpc) is 3.15. The highest BCUT2D eigenvalue weighted by Gasteiger charge is 2.23. The van der Waals surface area contributed by atoms with Gasteiger partial charge in [-0.05, 0) is 38.8 Å². The summed E-state index contributed by atoms with van der Waals surface area (Å²) in [6, 6.07) is 7.06. The number of aromatic amines is 1. The van der Waals surface area contributed by atoms with Crippen LogP contribution in [0.5, 0.6) is 0 Å². The highest BCUT2D eigenvalue weighted by molar-refractivity contribution is 6.32. The zero-order chi connectivity index (χ0) is 18.7. The number of carbonyl (C=O) groups is 1. The molecule has 1 fully saturated rings. The van der Waals surface area contributed by atoms with Gasteiger partial charge in [0.05, 0.1) is 11.8 Å². The number of nitrogens with zero attached hydrogens (tertiary/aromatic N) is 2. The van der Waals surface area contributed by atoms with Gasteiger partial charge >= 0.3 is 0 Å². The molecule has 1 aliphatic heterocycles. The molecule has 0 aliphatic carbocycles. The van der Waals surface area contributed by atoms with Crippen LogP contribution in [0.1, 0.15) is 35.9 Å². The van der Waals surface area contributed by atoms with Crippen molar-refractivity contribution in [3.63, 3.8) is 0 Å². The average molecular weight is 376 g/mol. The maximum Gasteiger partial charge on any atom is 0.270 e. The molecule has 0 saturated carbocycles. The van der Waals surface area contributed by atoms with Crippen LogP contribution in [-0.2, 0) is 4.74 Å². The number of hydrogen-bond acceptors (Lipinski definition) is 4. The molecule has 3 rings (SSSR count). The third kappa shape index (κ3) is 3.97. The Labute approximate surface area is 157 Å². The van der Waals surface area contributed by atoms with E-state index in [0.29, 0.717) is 35.7 Å². The molecule has 1 aromatic heterocycles. The SMILES string of the molecule is CCN(C[C@@H]1CCCO1)C(=O)c1cccc(-c2nc(C)[nH]c(=O)c2Cl)c1. The van der Waals surface area contributed by atoms with Gasteiger partial charge in [-0.2, -0.15) is 0 Å². The van der Waals surface area contributed by atoms with Crippen LogP contribution in [0.15, 0.2) is 29.1 Å². The number of likely N-dealkylation sites (N-methyl/N-ethyl adjacent to an activating group) is 1. The van der Waals surface area contributed by atoms with Crippen molar-refractivity contribution in [1.29, 1.82) is 0 Å². The summed E-state index contributed by atoms with van der Waals surface area (Å²) >= 11 is 6.12. The quantitative estimate of drug-likeness (QED) is 0.871. The van der Waals surface area contributed by atoms with Crippen LogP contribution in [0, 0.1) is 6.92 Å². The molecule has 0 radical (unpaired) electrons. The number of halogens is 1. The number of rotatable bonds is 5. The minimum absolute atomic E-state index is 0.0203. The van der Waals surface area contributed by atoms with Gasteiger partial charge in [-0.15, -0.1) is 0 Å². The van der Waals surface area contributed by atoms with E-state index in [1.54, 1.807) is 36.1 Å². The van der Waals surface area contributed by atoms with E-state index < -0.39 is 0 Å². The number of aryl methyl sites for hydroxylation is 1. The number of H-pyrrole nitrogens is 1. The Morgan fingerprint density at radius 2 is 2.27 bits per heavy atom. The Balaban J connectivity index is 1.88. The van der Waals surface area contributed by atoms with E-state index in [0.717, 1.165) is 19.4 Å². The van der Waals surface area contributed by atoms with E-state index in [-0.39, 0.29) is 22.6 Å². The summed E-state index contributed by atoms with van der Waals surface area (Å²) in [6.45, 7) is 5.60. The van der Waals surface area contributed by atoms with Gasteiger partial charge in [-0.1, -0.05) is 23.7 Å². The van der Waals surface area contributed by atoms with Crippen molar-refractivity contribution in [1.82, 2.24) is 14.9 Å². The van der Waals surface area contributed by atoms with Gasteiger partial charge in [0, 0.05) is 30.8 Å². The van der Waals surface area contributed by atoms with Gasteiger partial charge < -0.3 is 14.6 Å². The smallest absolute Gasteiger partial charge is 0.270 e. The van der Waals surface area contributed by atoms with Crippen LogP contribution in [0.25, 0.3) is 11.3 Å². The van der Waals surface area contributed by atoms with E-state index >= 15 is 0 Å². The van der Waals surface area contributed by atoms with E-state index in [1.807, 2.05) is 6.92 Å². The maximum absolute atomic E-state index is 12.9. The Morgan fingerprint density at radius 1 is 1.46 bits per heavy atom. The third-order valence-electron chi connectivity index (χ3n) is 4.48. The summed E-state index contributed by atoms with van der Waals surface area (Å²) in [4.78, 5) is 33.5. The van der Waals surface area contributed by atoms with Gasteiger partial charge in [0.25, 0.3) is 11.5 Å². The van der Waals surface area contributed by atoms with Crippen molar-refractivity contribution >= 4 is 17.5 Å².